The van der Waals surface area contributed by atoms with Gasteiger partial charge < -0.3 is 4.98 Å². The summed E-state index contributed by atoms with van der Waals surface area (Å²) in [7, 11) is 0. The van der Waals surface area contributed by atoms with Gasteiger partial charge in [0.05, 0.1) is 10.5 Å². The van der Waals surface area contributed by atoms with Gasteiger partial charge in [0, 0.05) is 5.39 Å². The summed E-state index contributed by atoms with van der Waals surface area (Å²) in [6, 6.07) is 2.59. The Labute approximate surface area is 98.9 Å². The zero-order chi connectivity index (χ0) is 12.2. The molecule has 0 unspecified atom stereocenters. The first kappa shape index (κ1) is 10.2. The Bertz CT molecular complexity index is 807. The van der Waals surface area contributed by atoms with Crippen LogP contribution in [0.1, 0.15) is 5.82 Å². The molecule has 2 aromatic heterocycles. The van der Waals surface area contributed by atoms with E-state index in [1.807, 2.05) is 0 Å². The molecule has 2 heterocycles. The molecule has 3 aromatic rings. The first-order chi connectivity index (χ1) is 8.06. The molecule has 0 saturated heterocycles. The fraction of sp³-hybridized carbons (Fsp3) is 0.100. The average Bonchev–Trinajstić information content (AvgIpc) is 2.64. The van der Waals surface area contributed by atoms with Crippen molar-refractivity contribution in [1.82, 2.24) is 19.6 Å². The highest BCUT2D eigenvalue weighted by atomic mass is 35.5. The smallest absolute Gasteiger partial charge is 0.305 e. The van der Waals surface area contributed by atoms with E-state index in [2.05, 4.69) is 15.1 Å². The number of halogens is 2. The molecule has 0 spiro atoms. The summed E-state index contributed by atoms with van der Waals surface area (Å²) in [4.78, 5) is 18.3. The third kappa shape index (κ3) is 1.41. The van der Waals surface area contributed by atoms with Gasteiger partial charge in [0.25, 0.3) is 0 Å². The first-order valence-corrected chi connectivity index (χ1v) is 5.18. The molecule has 0 aliphatic rings. The monoisotopic (exact) mass is 252 g/mol. The minimum absolute atomic E-state index is 0.0212. The molecule has 0 amide bonds. The Morgan fingerprint density at radius 1 is 1.47 bits per heavy atom. The van der Waals surface area contributed by atoms with Gasteiger partial charge in [-0.2, -0.15) is 4.52 Å². The molecular formula is C10H6ClFN4O. The van der Waals surface area contributed by atoms with Crippen molar-refractivity contribution in [2.45, 2.75) is 6.92 Å². The van der Waals surface area contributed by atoms with E-state index in [1.54, 1.807) is 6.92 Å². The maximum Gasteiger partial charge on any atom is 0.348 e. The van der Waals surface area contributed by atoms with Crippen LogP contribution in [0.25, 0.3) is 16.6 Å². The van der Waals surface area contributed by atoms with Crippen LogP contribution in [0.4, 0.5) is 4.39 Å². The number of aromatic nitrogens is 4. The second-order valence-corrected chi connectivity index (χ2v) is 4.04. The predicted molar refractivity (Wildman–Crippen MR) is 60.8 cm³/mol. The summed E-state index contributed by atoms with van der Waals surface area (Å²) >= 11 is 5.71. The van der Waals surface area contributed by atoms with E-state index in [9.17, 15) is 9.18 Å². The summed E-state index contributed by atoms with van der Waals surface area (Å²) < 4.78 is 14.4. The van der Waals surface area contributed by atoms with Crippen LogP contribution in [0.5, 0.6) is 0 Å². The molecule has 1 N–H and O–H groups in total. The van der Waals surface area contributed by atoms with Crippen LogP contribution in [0.15, 0.2) is 16.9 Å². The van der Waals surface area contributed by atoms with Crippen molar-refractivity contribution < 1.29 is 4.39 Å². The fourth-order valence-corrected chi connectivity index (χ4v) is 1.90. The standard InChI is InChI=1S/C10H6ClFN4O/c1-4-13-9-5-2-6(11)7(12)3-8(5)14-10(17)16(9)15-4/h2-3H,1H3,(H,14,17). The molecule has 0 aliphatic heterocycles. The Hall–Kier alpha value is -1.95. The van der Waals surface area contributed by atoms with Crippen LogP contribution in [-0.4, -0.2) is 19.6 Å². The largest absolute Gasteiger partial charge is 0.348 e. The van der Waals surface area contributed by atoms with Crippen molar-refractivity contribution in [3.63, 3.8) is 0 Å². The Kier molecular flexibility index (Phi) is 1.97. The SMILES string of the molecule is Cc1nc2c3cc(Cl)c(F)cc3[nH]c(=O)n2n1. The highest BCUT2D eigenvalue weighted by Crippen LogP contribution is 2.23. The molecule has 0 aliphatic carbocycles. The third-order valence-electron chi connectivity index (χ3n) is 2.45. The first-order valence-electron chi connectivity index (χ1n) is 4.80. The maximum absolute atomic E-state index is 13.3. The lowest BCUT2D eigenvalue weighted by molar-refractivity contribution is 0.629. The predicted octanol–water partition coefficient (Wildman–Crippen LogP) is 1.67. The van der Waals surface area contributed by atoms with Gasteiger partial charge in [-0.15, -0.1) is 5.10 Å². The molecule has 0 radical (unpaired) electrons. The normalized spacial score (nSPS) is 11.5. The number of H-pyrrole nitrogens is 1. The van der Waals surface area contributed by atoms with Crippen LogP contribution in [-0.2, 0) is 0 Å². The van der Waals surface area contributed by atoms with Crippen LogP contribution >= 0.6 is 11.6 Å². The van der Waals surface area contributed by atoms with E-state index in [0.29, 0.717) is 22.4 Å². The van der Waals surface area contributed by atoms with Gasteiger partial charge in [0.2, 0.25) is 0 Å². The zero-order valence-electron chi connectivity index (χ0n) is 8.66. The topological polar surface area (TPSA) is 63.0 Å². The minimum Gasteiger partial charge on any atom is -0.305 e. The molecule has 0 fully saturated rings. The molecule has 17 heavy (non-hydrogen) atoms. The van der Waals surface area contributed by atoms with Crippen molar-refractivity contribution in [3.05, 3.63) is 39.3 Å². The zero-order valence-corrected chi connectivity index (χ0v) is 9.42. The van der Waals surface area contributed by atoms with E-state index < -0.39 is 11.5 Å². The molecule has 0 saturated carbocycles. The molecular weight excluding hydrogens is 247 g/mol. The third-order valence-corrected chi connectivity index (χ3v) is 2.74. The van der Waals surface area contributed by atoms with E-state index in [1.165, 1.54) is 12.1 Å². The van der Waals surface area contributed by atoms with Crippen LogP contribution in [0, 0.1) is 12.7 Å². The number of benzene rings is 1. The quantitative estimate of drug-likeness (QED) is 0.662. The number of fused-ring (bicyclic) bond motifs is 3. The maximum atomic E-state index is 13.3. The lowest BCUT2D eigenvalue weighted by Gasteiger charge is -2.00. The van der Waals surface area contributed by atoms with Crippen LogP contribution < -0.4 is 5.69 Å². The number of nitrogens with zero attached hydrogens (tertiary/aromatic N) is 3. The number of hydrogen-bond donors (Lipinski definition) is 1. The molecule has 0 atom stereocenters. The van der Waals surface area contributed by atoms with Crippen molar-refractivity contribution in [2.24, 2.45) is 0 Å². The molecule has 7 heteroatoms. The van der Waals surface area contributed by atoms with Crippen molar-refractivity contribution in [3.8, 4) is 0 Å². The second kappa shape index (κ2) is 3.27. The van der Waals surface area contributed by atoms with Gasteiger partial charge in [-0.05, 0) is 19.1 Å². The van der Waals surface area contributed by atoms with E-state index in [0.717, 1.165) is 4.52 Å². The summed E-state index contributed by atoms with van der Waals surface area (Å²) in [6.07, 6.45) is 0. The fourth-order valence-electron chi connectivity index (χ4n) is 1.73. The summed E-state index contributed by atoms with van der Waals surface area (Å²) in [5.74, 6) is -0.126. The second-order valence-electron chi connectivity index (χ2n) is 3.64. The van der Waals surface area contributed by atoms with Crippen molar-refractivity contribution in [2.75, 3.05) is 0 Å². The summed E-state index contributed by atoms with van der Waals surface area (Å²) in [6.45, 7) is 1.67. The van der Waals surface area contributed by atoms with Crippen LogP contribution in [0.2, 0.25) is 5.02 Å². The van der Waals surface area contributed by atoms with Crippen molar-refractivity contribution >= 4 is 28.2 Å². The number of aromatic amines is 1. The molecule has 3 rings (SSSR count). The van der Waals surface area contributed by atoms with E-state index >= 15 is 0 Å². The molecule has 86 valence electrons. The molecule has 1 aromatic carbocycles. The van der Waals surface area contributed by atoms with Crippen molar-refractivity contribution in [1.29, 1.82) is 0 Å². The lowest BCUT2D eigenvalue weighted by atomic mass is 10.2. The van der Waals surface area contributed by atoms with Gasteiger partial charge >= 0.3 is 5.69 Å². The Balaban J connectivity index is 2.62. The number of hydrogen-bond acceptors (Lipinski definition) is 3. The number of nitrogens with one attached hydrogen (secondary N) is 1. The van der Waals surface area contributed by atoms with Crippen LogP contribution in [0.3, 0.4) is 0 Å². The van der Waals surface area contributed by atoms with E-state index in [-0.39, 0.29) is 5.02 Å². The summed E-state index contributed by atoms with van der Waals surface area (Å²) in [5.41, 5.74) is 0.245. The van der Waals surface area contributed by atoms with Gasteiger partial charge in [0.15, 0.2) is 5.65 Å². The Morgan fingerprint density at radius 3 is 3.00 bits per heavy atom. The average molecular weight is 253 g/mol. The van der Waals surface area contributed by atoms with Gasteiger partial charge in [-0.3, -0.25) is 0 Å². The molecule has 0 bridgehead atoms. The Morgan fingerprint density at radius 2 is 2.24 bits per heavy atom. The summed E-state index contributed by atoms with van der Waals surface area (Å²) in [5, 5.41) is 4.47. The highest BCUT2D eigenvalue weighted by Gasteiger charge is 2.11. The lowest BCUT2D eigenvalue weighted by Crippen LogP contribution is -2.17. The minimum atomic E-state index is -0.588. The van der Waals surface area contributed by atoms with Gasteiger partial charge in [-0.1, -0.05) is 11.6 Å². The van der Waals surface area contributed by atoms with Gasteiger partial charge in [-0.25, -0.2) is 14.2 Å². The van der Waals surface area contributed by atoms with Gasteiger partial charge in [0.1, 0.15) is 11.6 Å². The number of rotatable bonds is 0. The van der Waals surface area contributed by atoms with E-state index in [4.69, 9.17) is 11.6 Å². The number of aryl methyl sites for hydroxylation is 1. The highest BCUT2D eigenvalue weighted by molar-refractivity contribution is 6.31. The molecule has 5 nitrogen and oxygen atoms in total.